The van der Waals surface area contributed by atoms with Crippen LogP contribution in [-0.2, 0) is 4.79 Å². The number of carbonyl (C=O) groups is 1. The zero-order valence-electron chi connectivity index (χ0n) is 8.81. The molecule has 1 saturated heterocycles. The second-order valence-corrected chi connectivity index (χ2v) is 4.15. The molecule has 1 aromatic rings. The normalized spacial score (nSPS) is 20.3. The van der Waals surface area contributed by atoms with E-state index in [0.717, 1.165) is 0 Å². The molecule has 86 valence electrons. The number of hydrogen-bond donors (Lipinski definition) is 1. The summed E-state index contributed by atoms with van der Waals surface area (Å²) in [5.41, 5.74) is 0.658. The molecule has 1 N–H and O–H groups in total. The van der Waals surface area contributed by atoms with Gasteiger partial charge in [-0.05, 0) is 12.1 Å². The maximum absolute atomic E-state index is 11.6. The molecular formula is C11H12ClNO3. The maximum atomic E-state index is 11.6. The minimum atomic E-state index is -0.600. The van der Waals surface area contributed by atoms with Crippen molar-refractivity contribution in [2.24, 2.45) is 0 Å². The van der Waals surface area contributed by atoms with Crippen LogP contribution in [0.25, 0.3) is 0 Å². The number of carbonyl (C=O) groups excluding carboxylic acids is 1. The van der Waals surface area contributed by atoms with Crippen LogP contribution in [0.5, 0.6) is 5.75 Å². The van der Waals surface area contributed by atoms with Crippen LogP contribution >= 0.6 is 11.6 Å². The third-order valence-corrected chi connectivity index (χ3v) is 2.73. The van der Waals surface area contributed by atoms with E-state index in [1.807, 2.05) is 0 Å². The van der Waals surface area contributed by atoms with Gasteiger partial charge in [0.05, 0.1) is 26.2 Å². The first-order chi connectivity index (χ1) is 7.60. The zero-order valence-corrected chi connectivity index (χ0v) is 9.57. The largest absolute Gasteiger partial charge is 0.497 e. The van der Waals surface area contributed by atoms with Gasteiger partial charge in [-0.15, -0.1) is 0 Å². The van der Waals surface area contributed by atoms with Crippen molar-refractivity contribution < 1.29 is 14.6 Å². The summed E-state index contributed by atoms with van der Waals surface area (Å²) < 4.78 is 5.07. The number of β-amino-alcohol motifs (C(OH)–C–C–N with tert-alkyl or cyclic N) is 1. The molecule has 0 bridgehead atoms. The van der Waals surface area contributed by atoms with Gasteiger partial charge in [-0.2, -0.15) is 0 Å². The van der Waals surface area contributed by atoms with Gasteiger partial charge in [0, 0.05) is 16.8 Å². The second kappa shape index (κ2) is 4.31. The predicted molar refractivity (Wildman–Crippen MR) is 61.0 cm³/mol. The molecule has 1 heterocycles. The van der Waals surface area contributed by atoms with Crippen molar-refractivity contribution in [3.63, 3.8) is 0 Å². The molecule has 1 atom stereocenters. The van der Waals surface area contributed by atoms with E-state index in [9.17, 15) is 9.90 Å². The number of ether oxygens (including phenoxy) is 1. The van der Waals surface area contributed by atoms with Crippen LogP contribution in [0.2, 0.25) is 5.02 Å². The molecule has 2 rings (SSSR count). The molecule has 0 radical (unpaired) electrons. The highest BCUT2D eigenvalue weighted by Crippen LogP contribution is 2.29. The molecule has 0 aromatic heterocycles. The number of nitrogens with zero attached hydrogens (tertiary/aromatic N) is 1. The lowest BCUT2D eigenvalue weighted by atomic mass is 10.2. The fourth-order valence-electron chi connectivity index (χ4n) is 1.76. The number of rotatable bonds is 2. The molecule has 1 amide bonds. The Morgan fingerprint density at radius 2 is 2.25 bits per heavy atom. The van der Waals surface area contributed by atoms with Crippen LogP contribution in [-0.4, -0.2) is 30.8 Å². The van der Waals surface area contributed by atoms with Crippen molar-refractivity contribution >= 4 is 23.2 Å². The van der Waals surface area contributed by atoms with Gasteiger partial charge < -0.3 is 14.7 Å². The Balaban J connectivity index is 2.33. The minimum absolute atomic E-state index is 0.100. The van der Waals surface area contributed by atoms with Gasteiger partial charge in [0.15, 0.2) is 0 Å². The number of aliphatic hydroxyl groups excluding tert-OH is 1. The molecule has 1 unspecified atom stereocenters. The fraction of sp³-hybridized carbons (Fsp3) is 0.364. The summed E-state index contributed by atoms with van der Waals surface area (Å²) in [6.07, 6.45) is -0.438. The van der Waals surface area contributed by atoms with Crippen LogP contribution in [0.3, 0.4) is 0 Å². The Hall–Kier alpha value is -1.26. The van der Waals surface area contributed by atoms with Crippen LogP contribution in [0.15, 0.2) is 18.2 Å². The van der Waals surface area contributed by atoms with E-state index in [4.69, 9.17) is 16.3 Å². The van der Waals surface area contributed by atoms with Crippen LogP contribution in [0.4, 0.5) is 5.69 Å². The number of halogens is 1. The highest BCUT2D eigenvalue weighted by molar-refractivity contribution is 6.31. The third-order valence-electron chi connectivity index (χ3n) is 2.51. The van der Waals surface area contributed by atoms with Gasteiger partial charge in [-0.25, -0.2) is 0 Å². The number of hydrogen-bond acceptors (Lipinski definition) is 3. The summed E-state index contributed by atoms with van der Waals surface area (Å²) in [5.74, 6) is 0.494. The van der Waals surface area contributed by atoms with E-state index in [0.29, 0.717) is 23.0 Å². The van der Waals surface area contributed by atoms with Crippen LogP contribution < -0.4 is 9.64 Å². The van der Waals surface area contributed by atoms with Crippen molar-refractivity contribution in [1.29, 1.82) is 0 Å². The average Bonchev–Trinajstić information content (AvgIpc) is 2.57. The maximum Gasteiger partial charge on any atom is 0.229 e. The summed E-state index contributed by atoms with van der Waals surface area (Å²) in [6.45, 7) is 0.308. The monoisotopic (exact) mass is 241 g/mol. The number of methoxy groups -OCH3 is 1. The molecule has 0 spiro atoms. The number of aliphatic hydroxyl groups is 1. The third kappa shape index (κ3) is 2.13. The van der Waals surface area contributed by atoms with E-state index in [1.54, 1.807) is 18.2 Å². The SMILES string of the molecule is COc1cc(Cl)cc(N2CC(O)CC2=O)c1. The van der Waals surface area contributed by atoms with Crippen molar-refractivity contribution in [2.75, 3.05) is 18.6 Å². The molecule has 0 saturated carbocycles. The Kier molecular flexibility index (Phi) is 3.03. The molecule has 5 heteroatoms. The summed E-state index contributed by atoms with van der Waals surface area (Å²) in [7, 11) is 1.54. The first-order valence-corrected chi connectivity index (χ1v) is 5.31. The van der Waals surface area contributed by atoms with Crippen molar-refractivity contribution in [3.8, 4) is 5.75 Å². The highest BCUT2D eigenvalue weighted by Gasteiger charge is 2.29. The summed E-state index contributed by atoms with van der Waals surface area (Å²) in [6, 6.07) is 5.07. The van der Waals surface area contributed by atoms with E-state index in [-0.39, 0.29) is 12.3 Å². The molecular weight excluding hydrogens is 230 g/mol. The summed E-state index contributed by atoms with van der Waals surface area (Å²) in [5, 5.41) is 9.90. The lowest BCUT2D eigenvalue weighted by Crippen LogP contribution is -2.25. The first-order valence-electron chi connectivity index (χ1n) is 4.93. The molecule has 4 nitrogen and oxygen atoms in total. The van der Waals surface area contributed by atoms with Crippen LogP contribution in [0.1, 0.15) is 6.42 Å². The van der Waals surface area contributed by atoms with Crippen LogP contribution in [0, 0.1) is 0 Å². The number of anilines is 1. The van der Waals surface area contributed by atoms with Crippen molar-refractivity contribution in [2.45, 2.75) is 12.5 Å². The molecule has 1 aliphatic rings. The summed E-state index contributed by atoms with van der Waals surface area (Å²) in [4.78, 5) is 13.1. The Morgan fingerprint density at radius 3 is 2.81 bits per heavy atom. The summed E-state index contributed by atoms with van der Waals surface area (Å²) >= 11 is 5.91. The number of benzene rings is 1. The van der Waals surface area contributed by atoms with Gasteiger partial charge in [-0.3, -0.25) is 4.79 Å². The van der Waals surface area contributed by atoms with E-state index >= 15 is 0 Å². The Morgan fingerprint density at radius 1 is 1.50 bits per heavy atom. The lowest BCUT2D eigenvalue weighted by molar-refractivity contribution is -0.117. The second-order valence-electron chi connectivity index (χ2n) is 3.71. The van der Waals surface area contributed by atoms with Gasteiger partial charge in [0.25, 0.3) is 0 Å². The highest BCUT2D eigenvalue weighted by atomic mass is 35.5. The molecule has 1 fully saturated rings. The molecule has 0 aliphatic carbocycles. The molecule has 1 aromatic carbocycles. The molecule has 1 aliphatic heterocycles. The Bertz CT molecular complexity index is 422. The molecule has 16 heavy (non-hydrogen) atoms. The lowest BCUT2D eigenvalue weighted by Gasteiger charge is -2.17. The quantitative estimate of drug-likeness (QED) is 0.853. The zero-order chi connectivity index (χ0) is 11.7. The van der Waals surface area contributed by atoms with E-state index in [2.05, 4.69) is 0 Å². The Labute approximate surface area is 98.4 Å². The standard InChI is InChI=1S/C11H12ClNO3/c1-16-10-3-7(12)2-8(4-10)13-6-9(14)5-11(13)15/h2-4,9,14H,5-6H2,1H3. The predicted octanol–water partition coefficient (Wildman–Crippen LogP) is 1.45. The number of amides is 1. The fourth-order valence-corrected chi connectivity index (χ4v) is 1.98. The average molecular weight is 242 g/mol. The van der Waals surface area contributed by atoms with E-state index in [1.165, 1.54) is 12.0 Å². The van der Waals surface area contributed by atoms with Gasteiger partial charge in [-0.1, -0.05) is 11.6 Å². The van der Waals surface area contributed by atoms with Gasteiger partial charge in [0.1, 0.15) is 5.75 Å². The van der Waals surface area contributed by atoms with Crippen molar-refractivity contribution in [3.05, 3.63) is 23.2 Å². The minimum Gasteiger partial charge on any atom is -0.497 e. The first kappa shape index (κ1) is 11.2. The van der Waals surface area contributed by atoms with Crippen molar-refractivity contribution in [1.82, 2.24) is 0 Å². The van der Waals surface area contributed by atoms with Gasteiger partial charge in [0.2, 0.25) is 5.91 Å². The van der Waals surface area contributed by atoms with Gasteiger partial charge >= 0.3 is 0 Å². The smallest absolute Gasteiger partial charge is 0.229 e. The van der Waals surface area contributed by atoms with E-state index < -0.39 is 6.10 Å². The topological polar surface area (TPSA) is 49.8 Å².